The summed E-state index contributed by atoms with van der Waals surface area (Å²) in [6, 6.07) is 13.5. The first-order valence-corrected chi connectivity index (χ1v) is 9.84. The number of ether oxygens (including phenoxy) is 1. The van der Waals surface area contributed by atoms with Crippen LogP contribution < -0.4 is 10.1 Å². The largest absolute Gasteiger partial charge is 0.467 e. The van der Waals surface area contributed by atoms with Crippen molar-refractivity contribution in [1.82, 2.24) is 15.3 Å². The molecule has 1 N–H and O–H groups in total. The van der Waals surface area contributed by atoms with Gasteiger partial charge in [-0.05, 0) is 48.6 Å². The van der Waals surface area contributed by atoms with Gasteiger partial charge in [-0.25, -0.2) is 9.37 Å². The van der Waals surface area contributed by atoms with Gasteiger partial charge in [0, 0.05) is 35.9 Å². The fourth-order valence-electron chi connectivity index (χ4n) is 3.51. The molecule has 27 heavy (non-hydrogen) atoms. The minimum Gasteiger partial charge on any atom is -0.467 e. The van der Waals surface area contributed by atoms with E-state index in [0.29, 0.717) is 18.2 Å². The van der Waals surface area contributed by atoms with Gasteiger partial charge in [-0.1, -0.05) is 23.5 Å². The van der Waals surface area contributed by atoms with Gasteiger partial charge < -0.3 is 10.1 Å². The van der Waals surface area contributed by atoms with Gasteiger partial charge in [0.1, 0.15) is 11.9 Å². The third-order valence-electron chi connectivity index (χ3n) is 5.08. The van der Waals surface area contributed by atoms with E-state index < -0.39 is 0 Å². The van der Waals surface area contributed by atoms with Crippen molar-refractivity contribution < 1.29 is 9.13 Å². The summed E-state index contributed by atoms with van der Waals surface area (Å²) in [5.74, 6) is -0.178. The quantitative estimate of drug-likeness (QED) is 0.547. The maximum Gasteiger partial charge on any atom is 0.274 e. The van der Waals surface area contributed by atoms with E-state index in [1.54, 1.807) is 29.8 Å². The third kappa shape index (κ3) is 3.26. The molecule has 6 heteroatoms. The number of nitrogens with zero attached hydrogens (tertiary/aromatic N) is 2. The molecule has 2 aromatic carbocycles. The zero-order valence-corrected chi connectivity index (χ0v) is 15.4. The van der Waals surface area contributed by atoms with Crippen LogP contribution in [0.3, 0.4) is 0 Å². The van der Waals surface area contributed by atoms with E-state index >= 15 is 0 Å². The molecule has 2 heterocycles. The fraction of sp³-hybridized carbons (Fsp3) is 0.238. The number of rotatable bonds is 5. The van der Waals surface area contributed by atoms with E-state index in [0.717, 1.165) is 39.0 Å². The molecule has 0 bridgehead atoms. The number of thiazole rings is 1. The highest BCUT2D eigenvalue weighted by Crippen LogP contribution is 2.32. The van der Waals surface area contributed by atoms with Crippen LogP contribution in [0.4, 0.5) is 4.39 Å². The Kier molecular flexibility index (Phi) is 4.22. The van der Waals surface area contributed by atoms with Gasteiger partial charge >= 0.3 is 0 Å². The van der Waals surface area contributed by atoms with Crippen LogP contribution in [-0.4, -0.2) is 22.1 Å². The Labute approximate surface area is 160 Å². The molecule has 1 aliphatic carbocycles. The molecule has 4 aromatic rings. The number of para-hydroxylation sites is 1. The van der Waals surface area contributed by atoms with Crippen LogP contribution in [0.25, 0.3) is 21.0 Å². The number of benzene rings is 2. The average Bonchev–Trinajstić information content (AvgIpc) is 3.07. The van der Waals surface area contributed by atoms with Crippen molar-refractivity contribution in [3.63, 3.8) is 0 Å². The Morgan fingerprint density at radius 1 is 1.15 bits per heavy atom. The van der Waals surface area contributed by atoms with Crippen LogP contribution in [0, 0.1) is 5.82 Å². The van der Waals surface area contributed by atoms with E-state index in [4.69, 9.17) is 4.74 Å². The van der Waals surface area contributed by atoms with Crippen LogP contribution in [-0.2, 0) is 6.54 Å². The van der Waals surface area contributed by atoms with Gasteiger partial charge in [0.25, 0.3) is 5.19 Å². The number of fused-ring (bicyclic) bond motifs is 2. The van der Waals surface area contributed by atoms with Crippen molar-refractivity contribution >= 4 is 32.3 Å². The van der Waals surface area contributed by atoms with Crippen molar-refractivity contribution in [2.24, 2.45) is 0 Å². The highest BCUT2D eigenvalue weighted by molar-refractivity contribution is 7.20. The Hall–Kier alpha value is -2.57. The summed E-state index contributed by atoms with van der Waals surface area (Å²) in [5, 5.41) is 6.06. The predicted octanol–water partition coefficient (Wildman–Crippen LogP) is 4.68. The topological polar surface area (TPSA) is 47.0 Å². The minimum absolute atomic E-state index is 0.171. The Morgan fingerprint density at radius 3 is 2.93 bits per heavy atom. The average molecular weight is 379 g/mol. The standard InChI is InChI=1S/C21H18FN3OS/c22-18-6-5-13-11-23-8-7-16(13)17(18)12-24-14-9-15(10-14)26-21-25-19-3-1-2-4-20(19)27-21/h1-8,11,14-15,24H,9-10,12H2. The lowest BCUT2D eigenvalue weighted by atomic mass is 9.89. The maximum atomic E-state index is 14.3. The van der Waals surface area contributed by atoms with Crippen molar-refractivity contribution in [2.45, 2.75) is 31.5 Å². The molecular formula is C21H18FN3OS. The molecule has 136 valence electrons. The van der Waals surface area contributed by atoms with Gasteiger partial charge in [0.2, 0.25) is 0 Å². The number of pyridine rings is 1. The lowest BCUT2D eigenvalue weighted by molar-refractivity contribution is 0.0842. The molecule has 0 unspecified atom stereocenters. The molecule has 5 rings (SSSR count). The predicted molar refractivity (Wildman–Crippen MR) is 106 cm³/mol. The molecule has 0 aliphatic heterocycles. The van der Waals surface area contributed by atoms with Gasteiger partial charge in [-0.15, -0.1) is 0 Å². The summed E-state index contributed by atoms with van der Waals surface area (Å²) in [5.41, 5.74) is 1.68. The van der Waals surface area contributed by atoms with Crippen molar-refractivity contribution in [3.05, 3.63) is 66.2 Å². The molecule has 0 radical (unpaired) electrons. The van der Waals surface area contributed by atoms with Crippen LogP contribution in [0.15, 0.2) is 54.9 Å². The second-order valence-corrected chi connectivity index (χ2v) is 7.85. The van der Waals surface area contributed by atoms with E-state index in [1.807, 2.05) is 24.3 Å². The van der Waals surface area contributed by atoms with Crippen LogP contribution >= 0.6 is 11.3 Å². The molecule has 2 aromatic heterocycles. The van der Waals surface area contributed by atoms with E-state index in [2.05, 4.69) is 21.4 Å². The number of hydrogen-bond acceptors (Lipinski definition) is 5. The minimum atomic E-state index is -0.178. The third-order valence-corrected chi connectivity index (χ3v) is 6.01. The normalized spacial score (nSPS) is 19.3. The molecule has 1 aliphatic rings. The Bertz CT molecular complexity index is 1070. The summed E-state index contributed by atoms with van der Waals surface area (Å²) >= 11 is 1.58. The summed E-state index contributed by atoms with van der Waals surface area (Å²) in [4.78, 5) is 8.63. The molecule has 0 atom stereocenters. The lowest BCUT2D eigenvalue weighted by Gasteiger charge is -2.35. The fourth-order valence-corrected chi connectivity index (χ4v) is 4.39. The van der Waals surface area contributed by atoms with E-state index in [9.17, 15) is 4.39 Å². The smallest absolute Gasteiger partial charge is 0.274 e. The molecule has 0 spiro atoms. The molecule has 1 saturated carbocycles. The molecule has 0 saturated heterocycles. The van der Waals surface area contributed by atoms with Crippen molar-refractivity contribution in [1.29, 1.82) is 0 Å². The van der Waals surface area contributed by atoms with E-state index in [-0.39, 0.29) is 11.9 Å². The van der Waals surface area contributed by atoms with Gasteiger partial charge in [0.15, 0.2) is 0 Å². The first kappa shape index (κ1) is 16.6. The second kappa shape index (κ2) is 6.87. The number of halogens is 1. The summed E-state index contributed by atoms with van der Waals surface area (Å²) in [6.07, 6.45) is 5.46. The number of nitrogens with one attached hydrogen (secondary N) is 1. The van der Waals surface area contributed by atoms with Crippen LogP contribution in [0.1, 0.15) is 18.4 Å². The summed E-state index contributed by atoms with van der Waals surface area (Å²) in [6.45, 7) is 0.506. The first-order chi connectivity index (χ1) is 13.3. The Morgan fingerprint density at radius 2 is 2.04 bits per heavy atom. The second-order valence-electron chi connectivity index (χ2n) is 6.86. The van der Waals surface area contributed by atoms with Crippen LogP contribution in [0.5, 0.6) is 5.19 Å². The van der Waals surface area contributed by atoms with Gasteiger partial charge in [-0.2, -0.15) is 0 Å². The van der Waals surface area contributed by atoms with Crippen molar-refractivity contribution in [3.8, 4) is 5.19 Å². The SMILES string of the molecule is Fc1ccc2cnccc2c1CNC1CC(Oc2nc3ccccc3s2)C1. The first-order valence-electron chi connectivity index (χ1n) is 9.03. The monoisotopic (exact) mass is 379 g/mol. The zero-order chi connectivity index (χ0) is 18.2. The molecule has 0 amide bonds. The summed E-state index contributed by atoms with van der Waals surface area (Å²) in [7, 11) is 0. The molecule has 4 nitrogen and oxygen atoms in total. The van der Waals surface area contributed by atoms with Crippen LogP contribution in [0.2, 0.25) is 0 Å². The highest BCUT2D eigenvalue weighted by atomic mass is 32.1. The zero-order valence-electron chi connectivity index (χ0n) is 14.6. The lowest BCUT2D eigenvalue weighted by Crippen LogP contribution is -2.46. The van der Waals surface area contributed by atoms with Crippen molar-refractivity contribution in [2.75, 3.05) is 0 Å². The van der Waals surface area contributed by atoms with Gasteiger partial charge in [0.05, 0.1) is 10.2 Å². The Balaban J connectivity index is 1.19. The number of aromatic nitrogens is 2. The maximum absolute atomic E-state index is 14.3. The van der Waals surface area contributed by atoms with E-state index in [1.165, 1.54) is 6.07 Å². The number of hydrogen-bond donors (Lipinski definition) is 1. The molecular weight excluding hydrogens is 361 g/mol. The van der Waals surface area contributed by atoms with Gasteiger partial charge in [-0.3, -0.25) is 4.98 Å². The highest BCUT2D eigenvalue weighted by Gasteiger charge is 2.31. The summed E-state index contributed by atoms with van der Waals surface area (Å²) < 4.78 is 21.4. The molecule has 1 fully saturated rings.